The van der Waals surface area contributed by atoms with Crippen molar-refractivity contribution in [2.45, 2.75) is 12.8 Å². The molecule has 3 N–H and O–H groups in total. The summed E-state index contributed by atoms with van der Waals surface area (Å²) in [6, 6.07) is 7.74. The van der Waals surface area contributed by atoms with Crippen LogP contribution in [-0.4, -0.2) is 10.8 Å². The molecule has 0 atom stereocenters. The number of H-pyrrole nitrogens is 1. The number of benzene rings is 1. The van der Waals surface area contributed by atoms with Crippen LogP contribution in [0.15, 0.2) is 24.3 Å². The fraction of sp³-hybridized carbons (Fsp3) is 0.250. The molecule has 0 unspecified atom stereocenters. The van der Waals surface area contributed by atoms with Gasteiger partial charge in [-0.1, -0.05) is 18.2 Å². The fourth-order valence-corrected chi connectivity index (χ4v) is 1.91. The molecule has 76 valence electrons. The van der Waals surface area contributed by atoms with Gasteiger partial charge in [0.1, 0.15) is 5.69 Å². The average molecular weight is 200 g/mol. The van der Waals surface area contributed by atoms with Crippen LogP contribution in [0.25, 0.3) is 10.9 Å². The lowest BCUT2D eigenvalue weighted by atomic mass is 10.1. The Hall–Kier alpha value is -1.77. The molecule has 1 heterocycles. The van der Waals surface area contributed by atoms with Crippen molar-refractivity contribution < 1.29 is 4.79 Å². The van der Waals surface area contributed by atoms with E-state index >= 15 is 0 Å². The van der Waals surface area contributed by atoms with E-state index in [1.807, 2.05) is 24.3 Å². The molecule has 1 aliphatic carbocycles. The summed E-state index contributed by atoms with van der Waals surface area (Å²) in [7, 11) is 0. The molecule has 15 heavy (non-hydrogen) atoms. The van der Waals surface area contributed by atoms with E-state index in [2.05, 4.69) is 4.98 Å². The predicted octanol–water partition coefficient (Wildman–Crippen LogP) is 2.34. The summed E-state index contributed by atoms with van der Waals surface area (Å²) in [5.41, 5.74) is 8.09. The maximum absolute atomic E-state index is 11.9. The van der Waals surface area contributed by atoms with Crippen LogP contribution < -0.4 is 5.73 Å². The van der Waals surface area contributed by atoms with Crippen molar-refractivity contribution >= 4 is 22.4 Å². The van der Waals surface area contributed by atoms with Crippen molar-refractivity contribution in [1.82, 2.24) is 4.98 Å². The highest BCUT2D eigenvalue weighted by Gasteiger charge is 2.32. The number of para-hydroxylation sites is 1. The van der Waals surface area contributed by atoms with E-state index in [4.69, 9.17) is 5.73 Å². The van der Waals surface area contributed by atoms with Crippen LogP contribution in [-0.2, 0) is 0 Å². The van der Waals surface area contributed by atoms with E-state index in [1.54, 1.807) is 0 Å². The van der Waals surface area contributed by atoms with E-state index in [9.17, 15) is 4.79 Å². The van der Waals surface area contributed by atoms with Crippen LogP contribution in [0, 0.1) is 5.92 Å². The van der Waals surface area contributed by atoms with Gasteiger partial charge < -0.3 is 10.7 Å². The monoisotopic (exact) mass is 200 g/mol. The number of anilines is 1. The summed E-state index contributed by atoms with van der Waals surface area (Å²) in [5, 5.41) is 0.946. The number of carbonyl (C=O) groups is 1. The van der Waals surface area contributed by atoms with E-state index in [-0.39, 0.29) is 11.7 Å². The number of hydrogen-bond acceptors (Lipinski definition) is 2. The van der Waals surface area contributed by atoms with E-state index in [0.717, 1.165) is 23.7 Å². The minimum Gasteiger partial charge on any atom is -0.396 e. The SMILES string of the molecule is Nc1c(C(=O)C2CC2)[nH]c2ccccc12. The third kappa shape index (κ3) is 1.23. The normalized spacial score (nSPS) is 15.7. The lowest BCUT2D eigenvalue weighted by Gasteiger charge is -1.95. The molecule has 3 nitrogen and oxygen atoms in total. The zero-order valence-electron chi connectivity index (χ0n) is 8.29. The zero-order valence-corrected chi connectivity index (χ0v) is 8.29. The van der Waals surface area contributed by atoms with Crippen LogP contribution in [0.2, 0.25) is 0 Å². The molecule has 0 bridgehead atoms. The number of aromatic amines is 1. The minimum absolute atomic E-state index is 0.170. The number of ketones is 1. The first-order valence-corrected chi connectivity index (χ1v) is 5.18. The average Bonchev–Trinajstić information content (AvgIpc) is 3.04. The number of Topliss-reactive ketones (excluding diaryl/α,β-unsaturated/α-hetero) is 1. The van der Waals surface area contributed by atoms with Crippen LogP contribution >= 0.6 is 0 Å². The predicted molar refractivity (Wildman–Crippen MR) is 59.8 cm³/mol. The standard InChI is InChI=1S/C12H12N2O/c13-10-8-3-1-2-4-9(8)14-11(10)12(15)7-5-6-7/h1-4,7,14H,5-6,13H2. The fourth-order valence-electron chi connectivity index (χ4n) is 1.91. The van der Waals surface area contributed by atoms with Crippen molar-refractivity contribution in [2.75, 3.05) is 5.73 Å². The topological polar surface area (TPSA) is 58.9 Å². The van der Waals surface area contributed by atoms with E-state index < -0.39 is 0 Å². The second-order valence-corrected chi connectivity index (χ2v) is 4.10. The molecular formula is C12H12N2O. The quantitative estimate of drug-likeness (QED) is 0.731. The Morgan fingerprint density at radius 1 is 1.33 bits per heavy atom. The first kappa shape index (κ1) is 8.53. The summed E-state index contributed by atoms with van der Waals surface area (Å²) >= 11 is 0. The minimum atomic E-state index is 0.170. The van der Waals surface area contributed by atoms with Gasteiger partial charge >= 0.3 is 0 Å². The molecule has 1 aliphatic rings. The smallest absolute Gasteiger partial charge is 0.184 e. The molecule has 3 rings (SSSR count). The van der Waals surface area contributed by atoms with Crippen molar-refractivity contribution in [2.24, 2.45) is 5.92 Å². The number of nitrogen functional groups attached to an aromatic ring is 1. The summed E-state index contributed by atoms with van der Waals surface area (Å²) in [6.07, 6.45) is 2.02. The Morgan fingerprint density at radius 3 is 2.73 bits per heavy atom. The Morgan fingerprint density at radius 2 is 2.07 bits per heavy atom. The molecule has 0 aliphatic heterocycles. The van der Waals surface area contributed by atoms with Gasteiger partial charge in [0.15, 0.2) is 5.78 Å². The third-order valence-corrected chi connectivity index (χ3v) is 2.94. The van der Waals surface area contributed by atoms with Gasteiger partial charge in [0.2, 0.25) is 0 Å². The van der Waals surface area contributed by atoms with Gasteiger partial charge in [-0.25, -0.2) is 0 Å². The lowest BCUT2D eigenvalue weighted by Crippen LogP contribution is -2.04. The number of hydrogen-bond donors (Lipinski definition) is 2. The number of nitrogens with two attached hydrogens (primary N) is 1. The van der Waals surface area contributed by atoms with Gasteiger partial charge in [-0.15, -0.1) is 0 Å². The van der Waals surface area contributed by atoms with Crippen molar-refractivity contribution in [1.29, 1.82) is 0 Å². The van der Waals surface area contributed by atoms with Gasteiger partial charge in [0.05, 0.1) is 5.69 Å². The lowest BCUT2D eigenvalue weighted by molar-refractivity contribution is 0.0964. The third-order valence-electron chi connectivity index (χ3n) is 2.94. The van der Waals surface area contributed by atoms with Crippen molar-refractivity contribution in [3.8, 4) is 0 Å². The van der Waals surface area contributed by atoms with E-state index in [1.165, 1.54) is 0 Å². The van der Waals surface area contributed by atoms with Crippen molar-refractivity contribution in [3.05, 3.63) is 30.0 Å². The second-order valence-electron chi connectivity index (χ2n) is 4.10. The second kappa shape index (κ2) is 2.86. The van der Waals surface area contributed by atoms with Gasteiger partial charge in [-0.3, -0.25) is 4.79 Å². The van der Waals surface area contributed by atoms with Crippen LogP contribution in [0.5, 0.6) is 0 Å². The highest BCUT2D eigenvalue weighted by Crippen LogP contribution is 2.35. The Bertz CT molecular complexity index is 538. The number of fused-ring (bicyclic) bond motifs is 1. The summed E-state index contributed by atoms with van der Waals surface area (Å²) in [5.74, 6) is 0.379. The van der Waals surface area contributed by atoms with Gasteiger partial charge in [-0.05, 0) is 18.9 Å². The molecule has 1 fully saturated rings. The molecule has 0 radical (unpaired) electrons. The number of nitrogens with one attached hydrogen (secondary N) is 1. The molecule has 1 aromatic carbocycles. The summed E-state index contributed by atoms with van der Waals surface area (Å²) < 4.78 is 0. The molecule has 2 aromatic rings. The number of aromatic nitrogens is 1. The highest BCUT2D eigenvalue weighted by molar-refractivity contribution is 6.09. The molecule has 3 heteroatoms. The Kier molecular flexibility index (Phi) is 1.63. The number of carbonyl (C=O) groups excluding carboxylic acids is 1. The van der Waals surface area contributed by atoms with Gasteiger partial charge in [0, 0.05) is 16.8 Å². The van der Waals surface area contributed by atoms with Crippen LogP contribution in [0.4, 0.5) is 5.69 Å². The van der Waals surface area contributed by atoms with E-state index in [0.29, 0.717) is 11.4 Å². The Balaban J connectivity index is 2.18. The van der Waals surface area contributed by atoms with Crippen LogP contribution in [0.3, 0.4) is 0 Å². The Labute approximate surface area is 87.3 Å². The molecular weight excluding hydrogens is 188 g/mol. The molecule has 0 saturated heterocycles. The molecule has 0 amide bonds. The summed E-state index contributed by atoms with van der Waals surface area (Å²) in [4.78, 5) is 15.0. The summed E-state index contributed by atoms with van der Waals surface area (Å²) in [6.45, 7) is 0. The molecule has 1 aromatic heterocycles. The van der Waals surface area contributed by atoms with Gasteiger partial charge in [-0.2, -0.15) is 0 Å². The van der Waals surface area contributed by atoms with Crippen LogP contribution in [0.1, 0.15) is 23.3 Å². The van der Waals surface area contributed by atoms with Gasteiger partial charge in [0.25, 0.3) is 0 Å². The maximum atomic E-state index is 11.9. The van der Waals surface area contributed by atoms with Crippen molar-refractivity contribution in [3.63, 3.8) is 0 Å². The highest BCUT2D eigenvalue weighted by atomic mass is 16.1. The maximum Gasteiger partial charge on any atom is 0.184 e. The number of rotatable bonds is 2. The molecule has 1 saturated carbocycles. The first-order valence-electron chi connectivity index (χ1n) is 5.18. The largest absolute Gasteiger partial charge is 0.396 e. The zero-order chi connectivity index (χ0) is 10.4. The molecule has 0 spiro atoms. The first-order chi connectivity index (χ1) is 7.27.